The molecule has 0 spiro atoms. The number of rotatable bonds is 6. The first-order valence-electron chi connectivity index (χ1n) is 8.04. The molecule has 0 aromatic heterocycles. The Labute approximate surface area is 137 Å². The van der Waals surface area contributed by atoms with Gasteiger partial charge >= 0.3 is 6.03 Å². The average Bonchev–Trinajstić information content (AvgIpc) is 2.95. The molecule has 1 aromatic carbocycles. The lowest BCUT2D eigenvalue weighted by atomic mass is 10.0. The Hall–Kier alpha value is -2.08. The van der Waals surface area contributed by atoms with Crippen LogP contribution >= 0.6 is 0 Å². The highest BCUT2D eigenvalue weighted by Gasteiger charge is 2.28. The van der Waals surface area contributed by atoms with Crippen molar-refractivity contribution in [3.8, 4) is 0 Å². The Balaban J connectivity index is 2.03. The Morgan fingerprint density at radius 2 is 2.22 bits per heavy atom. The van der Waals surface area contributed by atoms with Crippen molar-refractivity contribution in [2.24, 2.45) is 11.7 Å². The molecule has 3 amide bonds. The molecule has 0 radical (unpaired) electrons. The Bertz CT molecular complexity index is 561. The van der Waals surface area contributed by atoms with Crippen molar-refractivity contribution in [3.05, 3.63) is 35.4 Å². The molecule has 0 saturated carbocycles. The maximum absolute atomic E-state index is 12.6. The van der Waals surface area contributed by atoms with E-state index in [2.05, 4.69) is 10.6 Å². The van der Waals surface area contributed by atoms with Crippen molar-refractivity contribution in [2.75, 3.05) is 26.7 Å². The molecule has 2 atom stereocenters. The van der Waals surface area contributed by atoms with Crippen molar-refractivity contribution in [1.29, 1.82) is 0 Å². The predicted octanol–water partition coefficient (Wildman–Crippen LogP) is 1.16. The zero-order valence-corrected chi connectivity index (χ0v) is 13.8. The molecule has 1 heterocycles. The monoisotopic (exact) mass is 318 g/mol. The number of nitrogens with two attached hydrogens (primary N) is 1. The number of hydrogen-bond acceptors (Lipinski definition) is 3. The minimum Gasteiger partial charge on any atom is -0.352 e. The van der Waals surface area contributed by atoms with Gasteiger partial charge in [-0.05, 0) is 38.4 Å². The van der Waals surface area contributed by atoms with Gasteiger partial charge in [0.15, 0.2) is 0 Å². The van der Waals surface area contributed by atoms with Gasteiger partial charge in [-0.15, -0.1) is 0 Å². The molecular formula is C17H26N4O2. The summed E-state index contributed by atoms with van der Waals surface area (Å²) in [6, 6.07) is 6.79. The molecule has 2 unspecified atom stereocenters. The highest BCUT2D eigenvalue weighted by Crippen LogP contribution is 2.22. The Kier molecular flexibility index (Phi) is 5.98. The van der Waals surface area contributed by atoms with Gasteiger partial charge in [-0.1, -0.05) is 29.8 Å². The van der Waals surface area contributed by atoms with Crippen LogP contribution in [0.25, 0.3) is 0 Å². The SMILES string of the molecule is CNCC1CCN(C(=O)CC(NC(N)=O)c2cccc(C)c2)C1. The molecule has 4 N–H and O–H groups in total. The number of nitrogens with one attached hydrogen (secondary N) is 2. The summed E-state index contributed by atoms with van der Waals surface area (Å²) in [5.41, 5.74) is 7.27. The summed E-state index contributed by atoms with van der Waals surface area (Å²) in [6.45, 7) is 4.46. The third kappa shape index (κ3) is 4.96. The Morgan fingerprint density at radius 1 is 1.43 bits per heavy atom. The summed E-state index contributed by atoms with van der Waals surface area (Å²) in [4.78, 5) is 25.7. The van der Waals surface area contributed by atoms with Gasteiger partial charge in [0, 0.05) is 13.1 Å². The summed E-state index contributed by atoms with van der Waals surface area (Å²) < 4.78 is 0. The molecule has 6 heteroatoms. The number of carbonyl (C=O) groups excluding carboxylic acids is 2. The van der Waals surface area contributed by atoms with E-state index >= 15 is 0 Å². The summed E-state index contributed by atoms with van der Waals surface area (Å²) in [5, 5.41) is 5.85. The van der Waals surface area contributed by atoms with E-state index in [-0.39, 0.29) is 18.4 Å². The van der Waals surface area contributed by atoms with Gasteiger partial charge in [0.25, 0.3) is 0 Å². The largest absolute Gasteiger partial charge is 0.352 e. The van der Waals surface area contributed by atoms with Crippen LogP contribution in [0.3, 0.4) is 0 Å². The van der Waals surface area contributed by atoms with E-state index in [9.17, 15) is 9.59 Å². The first-order valence-corrected chi connectivity index (χ1v) is 8.04. The van der Waals surface area contributed by atoms with Gasteiger partial charge in [-0.3, -0.25) is 4.79 Å². The molecule has 1 fully saturated rings. The molecule has 6 nitrogen and oxygen atoms in total. The second-order valence-corrected chi connectivity index (χ2v) is 6.23. The molecule has 1 aliphatic heterocycles. The average molecular weight is 318 g/mol. The van der Waals surface area contributed by atoms with E-state index < -0.39 is 6.03 Å². The zero-order valence-electron chi connectivity index (χ0n) is 13.8. The number of hydrogen-bond donors (Lipinski definition) is 3. The fourth-order valence-electron chi connectivity index (χ4n) is 3.13. The first kappa shape index (κ1) is 17.3. The number of urea groups is 1. The van der Waals surface area contributed by atoms with Crippen molar-refractivity contribution in [2.45, 2.75) is 25.8 Å². The van der Waals surface area contributed by atoms with E-state index in [1.807, 2.05) is 43.1 Å². The Morgan fingerprint density at radius 3 is 2.87 bits per heavy atom. The highest BCUT2D eigenvalue weighted by atomic mass is 16.2. The van der Waals surface area contributed by atoms with Crippen LogP contribution < -0.4 is 16.4 Å². The first-order chi connectivity index (χ1) is 11.0. The number of aryl methyl sites for hydroxylation is 1. The maximum Gasteiger partial charge on any atom is 0.312 e. The van der Waals surface area contributed by atoms with Crippen LogP contribution in [-0.2, 0) is 4.79 Å². The lowest BCUT2D eigenvalue weighted by molar-refractivity contribution is -0.130. The molecule has 0 aliphatic carbocycles. The van der Waals surface area contributed by atoms with Crippen LogP contribution in [0.5, 0.6) is 0 Å². The fraction of sp³-hybridized carbons (Fsp3) is 0.529. The minimum atomic E-state index is -0.612. The third-order valence-corrected chi connectivity index (χ3v) is 4.27. The van der Waals surface area contributed by atoms with Gasteiger partial charge in [-0.2, -0.15) is 0 Å². The number of primary amides is 1. The number of amides is 3. The molecule has 1 aromatic rings. The summed E-state index contributed by atoms with van der Waals surface area (Å²) >= 11 is 0. The molecule has 2 rings (SSSR count). The van der Waals surface area contributed by atoms with Crippen LogP contribution in [0.4, 0.5) is 4.79 Å². The van der Waals surface area contributed by atoms with Crippen LogP contribution in [0.15, 0.2) is 24.3 Å². The molecule has 1 saturated heterocycles. The number of carbonyl (C=O) groups is 2. The number of likely N-dealkylation sites (tertiary alicyclic amines) is 1. The second kappa shape index (κ2) is 7.97. The van der Waals surface area contributed by atoms with Gasteiger partial charge in [-0.25, -0.2) is 4.79 Å². The molecule has 23 heavy (non-hydrogen) atoms. The summed E-state index contributed by atoms with van der Waals surface area (Å²) in [6.07, 6.45) is 1.25. The lowest BCUT2D eigenvalue weighted by Crippen LogP contribution is -2.38. The third-order valence-electron chi connectivity index (χ3n) is 4.27. The van der Waals surface area contributed by atoms with Crippen LogP contribution in [0.1, 0.15) is 30.0 Å². The van der Waals surface area contributed by atoms with Crippen molar-refractivity contribution >= 4 is 11.9 Å². The number of nitrogens with zero attached hydrogens (tertiary/aromatic N) is 1. The fourth-order valence-corrected chi connectivity index (χ4v) is 3.13. The molecule has 1 aliphatic rings. The van der Waals surface area contributed by atoms with E-state index in [1.54, 1.807) is 0 Å². The molecular weight excluding hydrogens is 292 g/mol. The van der Waals surface area contributed by atoms with Crippen molar-refractivity contribution < 1.29 is 9.59 Å². The maximum atomic E-state index is 12.6. The van der Waals surface area contributed by atoms with Gasteiger partial charge in [0.1, 0.15) is 0 Å². The van der Waals surface area contributed by atoms with Crippen molar-refractivity contribution in [1.82, 2.24) is 15.5 Å². The quantitative estimate of drug-likeness (QED) is 0.735. The summed E-state index contributed by atoms with van der Waals surface area (Å²) in [5.74, 6) is 0.564. The van der Waals surface area contributed by atoms with E-state index in [1.165, 1.54) is 0 Å². The number of benzene rings is 1. The molecule has 0 bridgehead atoms. The van der Waals surface area contributed by atoms with Gasteiger partial charge in [0.05, 0.1) is 12.5 Å². The smallest absolute Gasteiger partial charge is 0.312 e. The standard InChI is InChI=1S/C17H26N4O2/c1-12-4-3-5-14(8-12)15(20-17(18)23)9-16(22)21-7-6-13(11-21)10-19-2/h3-5,8,13,15,19H,6-7,9-11H2,1-2H3,(H3,18,20,23). The van der Waals surface area contributed by atoms with Crippen molar-refractivity contribution in [3.63, 3.8) is 0 Å². The van der Waals surface area contributed by atoms with E-state index in [0.717, 1.165) is 37.2 Å². The van der Waals surface area contributed by atoms with Crippen LogP contribution in [0, 0.1) is 12.8 Å². The van der Waals surface area contributed by atoms with E-state index in [4.69, 9.17) is 5.73 Å². The minimum absolute atomic E-state index is 0.0591. The lowest BCUT2D eigenvalue weighted by Gasteiger charge is -2.22. The van der Waals surface area contributed by atoms with Gasteiger partial charge in [0.2, 0.25) is 5.91 Å². The van der Waals surface area contributed by atoms with Crippen LogP contribution in [0.2, 0.25) is 0 Å². The second-order valence-electron chi connectivity index (χ2n) is 6.23. The summed E-state index contributed by atoms with van der Waals surface area (Å²) in [7, 11) is 1.93. The van der Waals surface area contributed by atoms with Crippen LogP contribution in [-0.4, -0.2) is 43.5 Å². The van der Waals surface area contributed by atoms with Gasteiger partial charge < -0.3 is 21.3 Å². The topological polar surface area (TPSA) is 87.5 Å². The normalized spacial score (nSPS) is 18.7. The van der Waals surface area contributed by atoms with E-state index in [0.29, 0.717) is 5.92 Å². The predicted molar refractivity (Wildman–Crippen MR) is 89.9 cm³/mol. The highest BCUT2D eigenvalue weighted by molar-refractivity contribution is 5.79. The molecule has 126 valence electrons. The zero-order chi connectivity index (χ0) is 16.8.